The molecule has 0 spiro atoms. The van der Waals surface area contributed by atoms with Gasteiger partial charge in [-0.3, -0.25) is 9.59 Å². The Bertz CT molecular complexity index is 1090. The highest BCUT2D eigenvalue weighted by Crippen LogP contribution is 2.17. The molecule has 3 aromatic carbocycles. The smallest absolute Gasteiger partial charge is 0.339 e. The maximum atomic E-state index is 13.0. The minimum Gasteiger partial charge on any atom is -0.454 e. The first-order valence-electron chi connectivity index (χ1n) is 10.6. The van der Waals surface area contributed by atoms with Crippen LogP contribution < -0.4 is 0 Å². The third kappa shape index (κ3) is 5.70. The van der Waals surface area contributed by atoms with Crippen LogP contribution in [0, 0.1) is 0 Å². The first-order chi connectivity index (χ1) is 15.4. The summed E-state index contributed by atoms with van der Waals surface area (Å²) >= 11 is 0. The fourth-order valence-corrected chi connectivity index (χ4v) is 3.33. The molecule has 0 aliphatic rings. The number of hydrogen-bond donors (Lipinski definition) is 0. The predicted octanol–water partition coefficient (Wildman–Crippen LogP) is 5.12. The molecule has 0 saturated carbocycles. The lowest BCUT2D eigenvalue weighted by Crippen LogP contribution is -2.28. The Kier molecular flexibility index (Phi) is 7.55. The molecule has 0 atom stereocenters. The summed E-state index contributed by atoms with van der Waals surface area (Å²) in [5.41, 5.74) is 2.97. The van der Waals surface area contributed by atoms with Gasteiger partial charge in [-0.2, -0.15) is 0 Å². The number of amides is 1. The van der Waals surface area contributed by atoms with E-state index >= 15 is 0 Å². The number of carbonyl (C=O) groups excluding carboxylic acids is 3. The van der Waals surface area contributed by atoms with E-state index < -0.39 is 5.97 Å². The van der Waals surface area contributed by atoms with E-state index in [2.05, 4.69) is 13.8 Å². The minimum atomic E-state index is -0.700. The number of Topliss-reactive ketones (excluding diaryl/α,β-unsaturated/α-hetero) is 1. The second-order valence-electron chi connectivity index (χ2n) is 7.97. The average Bonchev–Trinajstić information content (AvgIpc) is 2.82. The molecule has 0 radical (unpaired) electrons. The lowest BCUT2D eigenvalue weighted by Gasteiger charge is -2.19. The van der Waals surface area contributed by atoms with Crippen LogP contribution in [0.15, 0.2) is 78.9 Å². The Balaban J connectivity index is 1.67. The van der Waals surface area contributed by atoms with Gasteiger partial charge in [0.25, 0.3) is 5.91 Å². The van der Waals surface area contributed by atoms with E-state index in [1.807, 2.05) is 42.5 Å². The molecule has 3 rings (SSSR count). The van der Waals surface area contributed by atoms with Crippen molar-refractivity contribution in [3.8, 4) is 0 Å². The van der Waals surface area contributed by atoms with Gasteiger partial charge >= 0.3 is 5.97 Å². The van der Waals surface area contributed by atoms with Gasteiger partial charge in [-0.15, -0.1) is 0 Å². The molecular weight excluding hydrogens is 402 g/mol. The van der Waals surface area contributed by atoms with Gasteiger partial charge in [0, 0.05) is 19.2 Å². The van der Waals surface area contributed by atoms with Crippen LogP contribution in [0.25, 0.3) is 0 Å². The fourth-order valence-electron chi connectivity index (χ4n) is 3.33. The van der Waals surface area contributed by atoms with Crippen molar-refractivity contribution >= 4 is 17.7 Å². The zero-order chi connectivity index (χ0) is 23.1. The van der Waals surface area contributed by atoms with Crippen LogP contribution in [0.1, 0.15) is 62.0 Å². The Labute approximate surface area is 188 Å². The van der Waals surface area contributed by atoms with Crippen molar-refractivity contribution in [3.05, 3.63) is 107 Å². The summed E-state index contributed by atoms with van der Waals surface area (Å²) in [5, 5.41) is 0. The van der Waals surface area contributed by atoms with Crippen LogP contribution in [0.2, 0.25) is 0 Å². The van der Waals surface area contributed by atoms with Crippen molar-refractivity contribution in [1.29, 1.82) is 0 Å². The van der Waals surface area contributed by atoms with E-state index in [0.717, 1.165) is 11.1 Å². The van der Waals surface area contributed by atoms with Gasteiger partial charge in [0.2, 0.25) is 0 Å². The highest BCUT2D eigenvalue weighted by Gasteiger charge is 2.21. The molecule has 0 fully saturated rings. The first kappa shape index (κ1) is 22.9. The van der Waals surface area contributed by atoms with Gasteiger partial charge in [0.05, 0.1) is 11.1 Å². The molecule has 0 unspecified atom stereocenters. The van der Waals surface area contributed by atoms with Crippen LogP contribution in [0.3, 0.4) is 0 Å². The number of benzene rings is 3. The zero-order valence-electron chi connectivity index (χ0n) is 18.6. The SMILES string of the molecule is CC(C)c1ccc(C(=O)COC(=O)c2ccccc2C(=O)N(C)Cc2ccccc2)cc1. The molecule has 164 valence electrons. The summed E-state index contributed by atoms with van der Waals surface area (Å²) in [5.74, 6) is -0.920. The average molecular weight is 430 g/mol. The van der Waals surface area contributed by atoms with Crippen molar-refractivity contribution in [3.63, 3.8) is 0 Å². The number of carbonyl (C=O) groups is 3. The van der Waals surface area contributed by atoms with E-state index in [-0.39, 0.29) is 29.4 Å². The highest BCUT2D eigenvalue weighted by atomic mass is 16.5. The first-order valence-corrected chi connectivity index (χ1v) is 10.6. The van der Waals surface area contributed by atoms with Crippen molar-refractivity contribution < 1.29 is 19.1 Å². The molecule has 0 aliphatic carbocycles. The van der Waals surface area contributed by atoms with Gasteiger partial charge in [-0.05, 0) is 29.2 Å². The number of esters is 1. The van der Waals surface area contributed by atoms with Crippen LogP contribution in [0.5, 0.6) is 0 Å². The molecule has 0 aromatic heterocycles. The summed E-state index contributed by atoms with van der Waals surface area (Å²) in [6.45, 7) is 4.18. The highest BCUT2D eigenvalue weighted by molar-refractivity contribution is 6.06. The number of ether oxygens (including phenoxy) is 1. The Morgan fingerprint density at radius 2 is 1.41 bits per heavy atom. The van der Waals surface area contributed by atoms with Gasteiger partial charge in [-0.1, -0.05) is 80.6 Å². The monoisotopic (exact) mass is 429 g/mol. The Morgan fingerprint density at radius 1 is 0.812 bits per heavy atom. The van der Waals surface area contributed by atoms with Crippen LogP contribution in [-0.4, -0.2) is 36.2 Å². The van der Waals surface area contributed by atoms with Gasteiger partial charge in [0.15, 0.2) is 12.4 Å². The van der Waals surface area contributed by atoms with E-state index in [4.69, 9.17) is 4.74 Å². The summed E-state index contributed by atoms with van der Waals surface area (Å²) < 4.78 is 5.25. The molecule has 0 aliphatic heterocycles. The third-order valence-corrected chi connectivity index (χ3v) is 5.22. The van der Waals surface area contributed by atoms with Gasteiger partial charge < -0.3 is 9.64 Å². The normalized spacial score (nSPS) is 10.6. The fraction of sp³-hybridized carbons (Fsp3) is 0.222. The minimum absolute atomic E-state index is 0.139. The predicted molar refractivity (Wildman–Crippen MR) is 124 cm³/mol. The number of nitrogens with zero attached hydrogens (tertiary/aromatic N) is 1. The molecule has 0 bridgehead atoms. The molecule has 0 saturated heterocycles. The van der Waals surface area contributed by atoms with Crippen molar-refractivity contribution in [2.24, 2.45) is 0 Å². The second kappa shape index (κ2) is 10.5. The maximum Gasteiger partial charge on any atom is 0.339 e. The molecular formula is C27H27NO4. The molecule has 0 heterocycles. The lowest BCUT2D eigenvalue weighted by atomic mass is 10.0. The molecule has 5 heteroatoms. The standard InChI is InChI=1S/C27H27NO4/c1-19(2)21-13-15-22(16-14-21)25(29)18-32-27(31)24-12-8-7-11-23(24)26(30)28(3)17-20-9-5-4-6-10-20/h4-16,19H,17-18H2,1-3H3. The van der Waals surface area contributed by atoms with Crippen molar-refractivity contribution in [2.75, 3.05) is 13.7 Å². The maximum absolute atomic E-state index is 13.0. The van der Waals surface area contributed by atoms with Crippen LogP contribution >= 0.6 is 0 Å². The van der Waals surface area contributed by atoms with E-state index in [1.54, 1.807) is 42.3 Å². The largest absolute Gasteiger partial charge is 0.454 e. The molecule has 32 heavy (non-hydrogen) atoms. The Hall–Kier alpha value is -3.73. The molecule has 1 amide bonds. The van der Waals surface area contributed by atoms with Crippen LogP contribution in [-0.2, 0) is 11.3 Å². The van der Waals surface area contributed by atoms with E-state index in [1.165, 1.54) is 6.07 Å². The van der Waals surface area contributed by atoms with Gasteiger partial charge in [-0.25, -0.2) is 4.79 Å². The summed E-state index contributed by atoms with van der Waals surface area (Å²) in [7, 11) is 1.68. The van der Waals surface area contributed by atoms with E-state index in [9.17, 15) is 14.4 Å². The zero-order valence-corrected chi connectivity index (χ0v) is 18.6. The quantitative estimate of drug-likeness (QED) is 0.368. The summed E-state index contributed by atoms with van der Waals surface area (Å²) in [4.78, 5) is 39.6. The topological polar surface area (TPSA) is 63.7 Å². The third-order valence-electron chi connectivity index (χ3n) is 5.22. The molecule has 3 aromatic rings. The number of hydrogen-bond acceptors (Lipinski definition) is 4. The second-order valence-corrected chi connectivity index (χ2v) is 7.97. The molecule has 5 nitrogen and oxygen atoms in total. The number of rotatable bonds is 8. The van der Waals surface area contributed by atoms with E-state index in [0.29, 0.717) is 18.0 Å². The van der Waals surface area contributed by atoms with Crippen LogP contribution in [0.4, 0.5) is 0 Å². The summed E-state index contributed by atoms with van der Waals surface area (Å²) in [6.07, 6.45) is 0. The van der Waals surface area contributed by atoms with Gasteiger partial charge in [0.1, 0.15) is 0 Å². The lowest BCUT2D eigenvalue weighted by molar-refractivity contribution is 0.0470. The Morgan fingerprint density at radius 3 is 2.03 bits per heavy atom. The summed E-state index contributed by atoms with van der Waals surface area (Å²) in [6, 6.07) is 23.4. The number of ketones is 1. The van der Waals surface area contributed by atoms with Crippen molar-refractivity contribution in [1.82, 2.24) is 4.90 Å². The molecule has 0 N–H and O–H groups in total. The van der Waals surface area contributed by atoms with Crippen molar-refractivity contribution in [2.45, 2.75) is 26.3 Å².